The van der Waals surface area contributed by atoms with E-state index in [0.29, 0.717) is 22.5 Å². The average molecular weight is 324 g/mol. The van der Waals surface area contributed by atoms with Gasteiger partial charge < -0.3 is 25.9 Å². The topological polar surface area (TPSA) is 90.9 Å². The molecule has 0 unspecified atom stereocenters. The lowest BCUT2D eigenvalue weighted by Gasteiger charge is -2.36. The summed E-state index contributed by atoms with van der Waals surface area (Å²) < 4.78 is 0. The number of fused-ring (bicyclic) bond motifs is 1. The molecule has 2 aliphatic rings. The number of benzene rings is 1. The Morgan fingerprint density at radius 2 is 1.92 bits per heavy atom. The molecule has 1 aromatic carbocycles. The van der Waals surface area contributed by atoms with Crippen molar-refractivity contribution in [2.75, 3.05) is 41.6 Å². The molecule has 24 heavy (non-hydrogen) atoms. The van der Waals surface area contributed by atoms with E-state index in [-0.39, 0.29) is 0 Å². The largest absolute Gasteiger partial charge is 0.739 e. The van der Waals surface area contributed by atoms with Crippen molar-refractivity contribution < 1.29 is 0 Å². The fraction of sp³-hybridized carbons (Fsp3) is 0.250. The molecule has 1 saturated heterocycles. The summed E-state index contributed by atoms with van der Waals surface area (Å²) in [5, 5.41) is 19.1. The molecule has 3 N–H and O–H groups in total. The molecular formula is C16H18N7O-. The van der Waals surface area contributed by atoms with E-state index in [1.807, 2.05) is 18.2 Å². The van der Waals surface area contributed by atoms with E-state index < -0.39 is 0 Å². The lowest BCUT2D eigenvalue weighted by atomic mass is 10.2. The quantitative estimate of drug-likeness (QED) is 0.769. The van der Waals surface area contributed by atoms with Crippen molar-refractivity contribution in [3.8, 4) is 0 Å². The molecule has 0 bridgehead atoms. The van der Waals surface area contributed by atoms with Crippen molar-refractivity contribution in [2.45, 2.75) is 0 Å². The van der Waals surface area contributed by atoms with Gasteiger partial charge in [-0.05, 0) is 24.3 Å². The number of hydrogen-bond donors (Lipinski definition) is 3. The first-order chi connectivity index (χ1) is 11.8. The molecule has 2 aromatic rings. The lowest BCUT2D eigenvalue weighted by Crippen LogP contribution is -2.44. The maximum absolute atomic E-state index is 12.0. The van der Waals surface area contributed by atoms with Crippen molar-refractivity contribution in [1.29, 1.82) is 0 Å². The number of anilines is 3. The summed E-state index contributed by atoms with van der Waals surface area (Å²) in [6, 6.07) is 11.1. The fourth-order valence-corrected chi connectivity index (χ4v) is 2.77. The van der Waals surface area contributed by atoms with Gasteiger partial charge in [-0.15, -0.1) is 0 Å². The highest BCUT2D eigenvalue weighted by Gasteiger charge is 2.14. The minimum Gasteiger partial charge on any atom is -0.739 e. The minimum atomic E-state index is 0.375. The predicted octanol–water partition coefficient (Wildman–Crippen LogP) is 1.41. The number of piperazine rings is 1. The summed E-state index contributed by atoms with van der Waals surface area (Å²) in [6.07, 6.45) is 1.75. The number of nitrogens with one attached hydrogen (secondary N) is 3. The van der Waals surface area contributed by atoms with Crippen LogP contribution in [0.1, 0.15) is 0 Å². The number of guanidine groups is 1. The third kappa shape index (κ3) is 2.97. The van der Waals surface area contributed by atoms with Crippen LogP contribution in [-0.4, -0.2) is 37.1 Å². The first-order valence-corrected chi connectivity index (χ1v) is 7.90. The van der Waals surface area contributed by atoms with E-state index in [9.17, 15) is 5.21 Å². The molecule has 0 saturated carbocycles. The monoisotopic (exact) mass is 324 g/mol. The van der Waals surface area contributed by atoms with Gasteiger partial charge >= 0.3 is 0 Å². The van der Waals surface area contributed by atoms with E-state index in [2.05, 4.69) is 30.9 Å². The summed E-state index contributed by atoms with van der Waals surface area (Å²) in [5.41, 5.74) is 4.56. The van der Waals surface area contributed by atoms with Crippen molar-refractivity contribution in [2.24, 2.45) is 4.99 Å². The van der Waals surface area contributed by atoms with E-state index >= 15 is 0 Å². The molecule has 0 radical (unpaired) electrons. The summed E-state index contributed by atoms with van der Waals surface area (Å²) in [6.45, 7) is 3.86. The van der Waals surface area contributed by atoms with Gasteiger partial charge in [-0.3, -0.25) is 5.43 Å². The number of aliphatic imine (C=N–C) groups is 1. The molecule has 1 fully saturated rings. The Morgan fingerprint density at radius 3 is 2.71 bits per heavy atom. The number of aromatic nitrogens is 1. The Labute approximate surface area is 139 Å². The zero-order chi connectivity index (χ0) is 16.4. The summed E-state index contributed by atoms with van der Waals surface area (Å²) in [5.74, 6) is 1.33. The number of para-hydroxylation sites is 2. The van der Waals surface area contributed by atoms with Gasteiger partial charge in [-0.2, -0.15) is 0 Å². The Kier molecular flexibility index (Phi) is 3.89. The third-order valence-electron chi connectivity index (χ3n) is 3.99. The Bertz CT molecular complexity index is 740. The van der Waals surface area contributed by atoms with E-state index in [0.717, 1.165) is 37.7 Å². The highest BCUT2D eigenvalue weighted by atomic mass is 16.5. The average Bonchev–Trinajstić information content (AvgIpc) is 2.63. The molecule has 3 heterocycles. The molecule has 4 rings (SSSR count). The van der Waals surface area contributed by atoms with Gasteiger partial charge in [0, 0.05) is 26.2 Å². The second kappa shape index (κ2) is 6.34. The van der Waals surface area contributed by atoms with Gasteiger partial charge in [0.2, 0.25) is 5.96 Å². The number of hydrazine groups is 1. The predicted molar refractivity (Wildman–Crippen MR) is 95.5 cm³/mol. The summed E-state index contributed by atoms with van der Waals surface area (Å²) >= 11 is 0. The van der Waals surface area contributed by atoms with Gasteiger partial charge in [0.1, 0.15) is 5.82 Å². The van der Waals surface area contributed by atoms with Crippen LogP contribution in [-0.2, 0) is 0 Å². The van der Waals surface area contributed by atoms with E-state index in [1.165, 1.54) is 0 Å². The van der Waals surface area contributed by atoms with Crippen LogP contribution in [0, 0.1) is 5.21 Å². The van der Waals surface area contributed by atoms with Crippen LogP contribution in [0.4, 0.5) is 22.9 Å². The number of hydrogen-bond acceptors (Lipinski definition) is 8. The number of rotatable bonds is 2. The van der Waals surface area contributed by atoms with E-state index in [4.69, 9.17) is 0 Å². The highest BCUT2D eigenvalue weighted by molar-refractivity contribution is 5.99. The molecule has 8 nitrogen and oxygen atoms in total. The van der Waals surface area contributed by atoms with Crippen LogP contribution in [0.5, 0.6) is 0 Å². The van der Waals surface area contributed by atoms with Gasteiger partial charge in [0.05, 0.1) is 23.3 Å². The van der Waals surface area contributed by atoms with Crippen molar-refractivity contribution in [3.63, 3.8) is 0 Å². The smallest absolute Gasteiger partial charge is 0.219 e. The van der Waals surface area contributed by atoms with Gasteiger partial charge in [-0.1, -0.05) is 12.1 Å². The molecular weight excluding hydrogens is 306 g/mol. The zero-order valence-electron chi connectivity index (χ0n) is 13.1. The molecule has 124 valence electrons. The standard InChI is InChI=1S/C16H18N7O/c24-23-14-4-2-1-3-13(14)20-16(21-23)19-12-5-6-15(18-11-12)22-9-7-17-8-10-22/h1-6,11,17H,7-10H2,(H2,19,20,21)/q-1. The van der Waals surface area contributed by atoms with Crippen LogP contribution in [0.15, 0.2) is 47.6 Å². The lowest BCUT2D eigenvalue weighted by molar-refractivity contribution is 0.585. The Balaban J connectivity index is 1.49. The molecule has 0 spiro atoms. The maximum atomic E-state index is 12.0. The second-order valence-electron chi connectivity index (χ2n) is 5.62. The molecule has 8 heteroatoms. The minimum absolute atomic E-state index is 0.375. The maximum Gasteiger partial charge on any atom is 0.219 e. The molecule has 0 aliphatic carbocycles. The van der Waals surface area contributed by atoms with Gasteiger partial charge in [-0.25, -0.2) is 9.98 Å². The second-order valence-corrected chi connectivity index (χ2v) is 5.62. The molecule has 0 amide bonds. The van der Waals surface area contributed by atoms with Crippen molar-refractivity contribution in [3.05, 3.63) is 47.8 Å². The zero-order valence-corrected chi connectivity index (χ0v) is 13.1. The SMILES string of the molecule is [O-]N1NC(Nc2ccc(N3CCNCC3)nc2)=Nc2ccccc21. The summed E-state index contributed by atoms with van der Waals surface area (Å²) in [4.78, 5) is 11.1. The van der Waals surface area contributed by atoms with E-state index in [1.54, 1.807) is 24.4 Å². The van der Waals surface area contributed by atoms with Gasteiger partial charge in [0.15, 0.2) is 0 Å². The van der Waals surface area contributed by atoms with Gasteiger partial charge in [0.25, 0.3) is 0 Å². The normalized spacial score (nSPS) is 17.0. The number of nitrogens with zero attached hydrogens (tertiary/aromatic N) is 4. The molecule has 0 atom stereocenters. The van der Waals surface area contributed by atoms with Crippen molar-refractivity contribution >= 4 is 28.8 Å². The number of pyridine rings is 1. The molecule has 1 aromatic heterocycles. The van der Waals surface area contributed by atoms with Crippen LogP contribution >= 0.6 is 0 Å². The van der Waals surface area contributed by atoms with Crippen LogP contribution in [0.3, 0.4) is 0 Å². The first-order valence-electron chi connectivity index (χ1n) is 7.90. The fourth-order valence-electron chi connectivity index (χ4n) is 2.77. The van der Waals surface area contributed by atoms with Crippen LogP contribution < -0.4 is 26.1 Å². The first kappa shape index (κ1) is 14.7. The van der Waals surface area contributed by atoms with Crippen LogP contribution in [0.25, 0.3) is 0 Å². The summed E-state index contributed by atoms with van der Waals surface area (Å²) in [7, 11) is 0. The third-order valence-corrected chi connectivity index (χ3v) is 3.99. The Morgan fingerprint density at radius 1 is 1.08 bits per heavy atom. The Hall–Kier alpha value is -2.84. The van der Waals surface area contributed by atoms with Crippen molar-refractivity contribution in [1.82, 2.24) is 15.7 Å². The molecule has 2 aliphatic heterocycles. The highest BCUT2D eigenvalue weighted by Crippen LogP contribution is 2.29. The van der Waals surface area contributed by atoms with Crippen LogP contribution in [0.2, 0.25) is 0 Å².